The van der Waals surface area contributed by atoms with E-state index in [1.165, 1.54) is 18.5 Å². The van der Waals surface area contributed by atoms with Crippen molar-refractivity contribution in [1.82, 2.24) is 14.5 Å². The van der Waals surface area contributed by atoms with Crippen LogP contribution < -0.4 is 5.73 Å². The molecule has 0 spiro atoms. The summed E-state index contributed by atoms with van der Waals surface area (Å²) >= 11 is 0. The Morgan fingerprint density at radius 1 is 1.35 bits per heavy atom. The number of nitrogens with two attached hydrogens (primary N) is 1. The molecule has 0 amide bonds. The van der Waals surface area contributed by atoms with E-state index >= 15 is 0 Å². The molecule has 0 saturated carbocycles. The van der Waals surface area contributed by atoms with Gasteiger partial charge in [-0.15, -0.1) is 0 Å². The van der Waals surface area contributed by atoms with Gasteiger partial charge in [-0.3, -0.25) is 0 Å². The van der Waals surface area contributed by atoms with Crippen molar-refractivity contribution in [2.45, 2.75) is 25.8 Å². The summed E-state index contributed by atoms with van der Waals surface area (Å²) in [6.07, 6.45) is 4.58. The molecule has 0 unspecified atom stereocenters. The minimum Gasteiger partial charge on any atom is -0.443 e. The highest BCUT2D eigenvalue weighted by Gasteiger charge is 2.22. The standard InChI is InChI=1S/C15H16N4O/c16-6-5-14-18-15(12-2-1-7-19(12)14)10-3-4-11-13(8-10)20-9-17-11/h3-4,8-9H,1-2,5-7,16H2. The monoisotopic (exact) mass is 268 g/mol. The molecule has 102 valence electrons. The van der Waals surface area contributed by atoms with Crippen LogP contribution in [0.2, 0.25) is 0 Å². The van der Waals surface area contributed by atoms with E-state index in [1.807, 2.05) is 12.1 Å². The van der Waals surface area contributed by atoms with Gasteiger partial charge in [-0.1, -0.05) is 6.07 Å². The summed E-state index contributed by atoms with van der Waals surface area (Å²) in [5.41, 5.74) is 10.9. The molecule has 2 N–H and O–H groups in total. The lowest BCUT2D eigenvalue weighted by Gasteiger charge is -2.01. The van der Waals surface area contributed by atoms with E-state index < -0.39 is 0 Å². The van der Waals surface area contributed by atoms with Crippen LogP contribution in [0.15, 0.2) is 29.0 Å². The third-order valence-electron chi connectivity index (χ3n) is 3.92. The molecular formula is C15H16N4O. The third kappa shape index (κ3) is 1.67. The lowest BCUT2D eigenvalue weighted by Crippen LogP contribution is -2.08. The number of nitrogens with zero attached hydrogens (tertiary/aromatic N) is 3. The molecule has 3 aromatic rings. The van der Waals surface area contributed by atoms with Gasteiger partial charge in [0.05, 0.1) is 5.69 Å². The van der Waals surface area contributed by atoms with Crippen molar-refractivity contribution in [3.8, 4) is 11.3 Å². The van der Waals surface area contributed by atoms with Crippen molar-refractivity contribution in [3.63, 3.8) is 0 Å². The zero-order valence-corrected chi connectivity index (χ0v) is 11.2. The Morgan fingerprint density at radius 3 is 3.20 bits per heavy atom. The first kappa shape index (κ1) is 11.7. The summed E-state index contributed by atoms with van der Waals surface area (Å²) in [7, 11) is 0. The lowest BCUT2D eigenvalue weighted by molar-refractivity contribution is 0.602. The Hall–Kier alpha value is -2.14. The van der Waals surface area contributed by atoms with Gasteiger partial charge < -0.3 is 14.7 Å². The van der Waals surface area contributed by atoms with Crippen LogP contribution in [0.1, 0.15) is 17.9 Å². The van der Waals surface area contributed by atoms with Crippen molar-refractivity contribution >= 4 is 11.1 Å². The first-order valence-corrected chi connectivity index (χ1v) is 6.99. The molecule has 5 heteroatoms. The molecule has 3 heterocycles. The van der Waals surface area contributed by atoms with E-state index in [-0.39, 0.29) is 0 Å². The third-order valence-corrected chi connectivity index (χ3v) is 3.92. The van der Waals surface area contributed by atoms with Crippen molar-refractivity contribution in [1.29, 1.82) is 0 Å². The van der Waals surface area contributed by atoms with E-state index in [0.717, 1.165) is 47.6 Å². The number of rotatable bonds is 3. The van der Waals surface area contributed by atoms with E-state index in [0.29, 0.717) is 6.54 Å². The summed E-state index contributed by atoms with van der Waals surface area (Å²) in [5.74, 6) is 1.10. The highest BCUT2D eigenvalue weighted by atomic mass is 16.3. The summed E-state index contributed by atoms with van der Waals surface area (Å²) in [4.78, 5) is 8.96. The second-order valence-electron chi connectivity index (χ2n) is 5.15. The van der Waals surface area contributed by atoms with Gasteiger partial charge in [-0.05, 0) is 31.5 Å². The topological polar surface area (TPSA) is 69.9 Å². The fourth-order valence-electron chi connectivity index (χ4n) is 3.01. The molecule has 2 aromatic heterocycles. The molecular weight excluding hydrogens is 252 g/mol. The van der Waals surface area contributed by atoms with Crippen LogP contribution in [0.3, 0.4) is 0 Å². The number of fused-ring (bicyclic) bond motifs is 2. The van der Waals surface area contributed by atoms with E-state index in [2.05, 4.69) is 15.6 Å². The average Bonchev–Trinajstić information content (AvgIpc) is 3.14. The number of benzene rings is 1. The second-order valence-corrected chi connectivity index (χ2v) is 5.15. The van der Waals surface area contributed by atoms with Crippen LogP contribution in [-0.4, -0.2) is 21.1 Å². The molecule has 1 aromatic carbocycles. The Morgan fingerprint density at radius 2 is 2.30 bits per heavy atom. The maximum atomic E-state index is 5.69. The summed E-state index contributed by atoms with van der Waals surface area (Å²) < 4.78 is 7.71. The zero-order chi connectivity index (χ0) is 13.5. The second kappa shape index (κ2) is 4.45. The Bertz CT molecular complexity index is 771. The van der Waals surface area contributed by atoms with Gasteiger partial charge in [0.1, 0.15) is 11.3 Å². The number of hydrogen-bond donors (Lipinski definition) is 1. The fourth-order valence-corrected chi connectivity index (χ4v) is 3.01. The van der Waals surface area contributed by atoms with Crippen molar-refractivity contribution in [3.05, 3.63) is 36.1 Å². The molecule has 5 nitrogen and oxygen atoms in total. The first-order valence-electron chi connectivity index (χ1n) is 6.99. The smallest absolute Gasteiger partial charge is 0.181 e. The van der Waals surface area contributed by atoms with Crippen LogP contribution in [0.5, 0.6) is 0 Å². The Kier molecular flexibility index (Phi) is 2.60. The molecule has 1 aliphatic heterocycles. The Labute approximate surface area is 116 Å². The van der Waals surface area contributed by atoms with Crippen LogP contribution in [0, 0.1) is 0 Å². The molecule has 0 fully saturated rings. The van der Waals surface area contributed by atoms with Crippen molar-refractivity contribution in [2.75, 3.05) is 6.54 Å². The van der Waals surface area contributed by atoms with Crippen LogP contribution in [0.4, 0.5) is 0 Å². The first-order chi connectivity index (χ1) is 9.86. The van der Waals surface area contributed by atoms with Gasteiger partial charge in [-0.2, -0.15) is 0 Å². The molecule has 0 bridgehead atoms. The summed E-state index contributed by atoms with van der Waals surface area (Å²) in [5, 5.41) is 0. The molecule has 0 radical (unpaired) electrons. The quantitative estimate of drug-likeness (QED) is 0.790. The summed E-state index contributed by atoms with van der Waals surface area (Å²) in [6, 6.07) is 6.08. The highest BCUT2D eigenvalue weighted by Crippen LogP contribution is 2.31. The van der Waals surface area contributed by atoms with Crippen LogP contribution in [-0.2, 0) is 19.4 Å². The predicted octanol–water partition coefficient (Wildman–Crippen LogP) is 2.14. The minimum atomic E-state index is 0.636. The molecule has 0 atom stereocenters. The average molecular weight is 268 g/mol. The van der Waals surface area contributed by atoms with Crippen LogP contribution in [0.25, 0.3) is 22.4 Å². The van der Waals surface area contributed by atoms with Crippen molar-refractivity contribution < 1.29 is 4.42 Å². The largest absolute Gasteiger partial charge is 0.443 e. The summed E-state index contributed by atoms with van der Waals surface area (Å²) in [6.45, 7) is 1.69. The minimum absolute atomic E-state index is 0.636. The number of imidazole rings is 1. The maximum Gasteiger partial charge on any atom is 0.181 e. The molecule has 0 aliphatic carbocycles. The van der Waals surface area contributed by atoms with Crippen LogP contribution >= 0.6 is 0 Å². The SMILES string of the molecule is NCCc1nc(-c2ccc3ncoc3c2)c2n1CCC2. The highest BCUT2D eigenvalue weighted by molar-refractivity contribution is 5.79. The number of aromatic nitrogens is 3. The van der Waals surface area contributed by atoms with Gasteiger partial charge >= 0.3 is 0 Å². The fraction of sp³-hybridized carbons (Fsp3) is 0.333. The van der Waals surface area contributed by atoms with Gasteiger partial charge in [0.2, 0.25) is 0 Å². The molecule has 4 rings (SSSR count). The van der Waals surface area contributed by atoms with Gasteiger partial charge in [0, 0.05) is 24.2 Å². The Balaban J connectivity index is 1.86. The lowest BCUT2D eigenvalue weighted by atomic mass is 10.1. The van der Waals surface area contributed by atoms with Gasteiger partial charge in [0.15, 0.2) is 12.0 Å². The van der Waals surface area contributed by atoms with Gasteiger partial charge in [-0.25, -0.2) is 9.97 Å². The normalized spacial score (nSPS) is 14.1. The zero-order valence-electron chi connectivity index (χ0n) is 11.2. The van der Waals surface area contributed by atoms with E-state index in [1.54, 1.807) is 0 Å². The molecule has 1 aliphatic rings. The van der Waals surface area contributed by atoms with E-state index in [9.17, 15) is 0 Å². The predicted molar refractivity (Wildman–Crippen MR) is 76.3 cm³/mol. The molecule has 20 heavy (non-hydrogen) atoms. The van der Waals surface area contributed by atoms with Gasteiger partial charge in [0.25, 0.3) is 0 Å². The maximum absolute atomic E-state index is 5.69. The number of hydrogen-bond acceptors (Lipinski definition) is 4. The number of oxazole rings is 1. The van der Waals surface area contributed by atoms with Crippen molar-refractivity contribution in [2.24, 2.45) is 5.73 Å². The van der Waals surface area contributed by atoms with E-state index in [4.69, 9.17) is 15.1 Å². The molecule has 0 saturated heterocycles.